The standard InChI is InChI=1S/C25H19FN4O2/c26-18-12-10-16(11-13-18)14-30-23(27)21(25(31)32-15-17-6-2-1-3-7-17)22-24(30)29-20-9-5-4-8-19(20)28-22/h1-13H,14-15,27H2. The number of para-hydroxylation sites is 2. The number of esters is 1. The van der Waals surface area contributed by atoms with Crippen molar-refractivity contribution in [1.29, 1.82) is 0 Å². The maximum atomic E-state index is 13.4. The van der Waals surface area contributed by atoms with E-state index in [1.54, 1.807) is 16.7 Å². The smallest absolute Gasteiger partial charge is 0.344 e. The van der Waals surface area contributed by atoms with Crippen molar-refractivity contribution in [3.8, 4) is 0 Å². The summed E-state index contributed by atoms with van der Waals surface area (Å²) in [6.45, 7) is 0.423. The van der Waals surface area contributed by atoms with Crippen molar-refractivity contribution < 1.29 is 13.9 Å². The summed E-state index contributed by atoms with van der Waals surface area (Å²) in [5.74, 6) is -0.688. The Morgan fingerprint density at radius 3 is 2.25 bits per heavy atom. The van der Waals surface area contributed by atoms with Crippen LogP contribution in [0.25, 0.3) is 22.2 Å². The molecule has 2 heterocycles. The van der Waals surface area contributed by atoms with Crippen LogP contribution in [-0.4, -0.2) is 20.5 Å². The van der Waals surface area contributed by atoms with E-state index >= 15 is 0 Å². The fraction of sp³-hybridized carbons (Fsp3) is 0.0800. The lowest BCUT2D eigenvalue weighted by Gasteiger charge is -2.08. The maximum absolute atomic E-state index is 13.4. The van der Waals surface area contributed by atoms with Gasteiger partial charge in [-0.25, -0.2) is 19.2 Å². The van der Waals surface area contributed by atoms with Gasteiger partial charge in [0, 0.05) is 0 Å². The lowest BCUT2D eigenvalue weighted by Crippen LogP contribution is -2.10. The second-order valence-corrected chi connectivity index (χ2v) is 7.42. The van der Waals surface area contributed by atoms with E-state index in [0.29, 0.717) is 28.7 Å². The summed E-state index contributed by atoms with van der Waals surface area (Å²) in [6.07, 6.45) is 0. The molecule has 0 unspecified atom stereocenters. The van der Waals surface area contributed by atoms with Gasteiger partial charge in [-0.15, -0.1) is 0 Å². The molecule has 7 heteroatoms. The zero-order valence-corrected chi connectivity index (χ0v) is 17.0. The molecule has 0 fully saturated rings. The highest BCUT2D eigenvalue weighted by Gasteiger charge is 2.25. The number of halogens is 1. The van der Waals surface area contributed by atoms with E-state index in [9.17, 15) is 9.18 Å². The fourth-order valence-electron chi connectivity index (χ4n) is 3.65. The number of hydrogen-bond acceptors (Lipinski definition) is 5. The Kier molecular flexibility index (Phi) is 4.99. The SMILES string of the molecule is Nc1c(C(=O)OCc2ccccc2)c2nc3ccccc3nc2n1Cc1ccc(F)cc1. The second-order valence-electron chi connectivity index (χ2n) is 7.42. The Balaban J connectivity index is 1.60. The van der Waals surface area contributed by atoms with Gasteiger partial charge in [-0.05, 0) is 35.4 Å². The summed E-state index contributed by atoms with van der Waals surface area (Å²) in [5.41, 5.74) is 10.5. The monoisotopic (exact) mass is 426 g/mol. The number of anilines is 1. The Morgan fingerprint density at radius 1 is 0.875 bits per heavy atom. The van der Waals surface area contributed by atoms with Crippen molar-refractivity contribution in [3.63, 3.8) is 0 Å². The molecule has 0 aliphatic carbocycles. The topological polar surface area (TPSA) is 83.0 Å². The first-order valence-corrected chi connectivity index (χ1v) is 10.1. The number of nitrogens with two attached hydrogens (primary N) is 1. The highest BCUT2D eigenvalue weighted by atomic mass is 19.1. The zero-order chi connectivity index (χ0) is 22.1. The summed E-state index contributed by atoms with van der Waals surface area (Å²) in [7, 11) is 0. The van der Waals surface area contributed by atoms with Crippen molar-refractivity contribution in [2.45, 2.75) is 13.2 Å². The van der Waals surface area contributed by atoms with Crippen LogP contribution in [0.15, 0.2) is 78.9 Å². The van der Waals surface area contributed by atoms with Crippen LogP contribution in [0.3, 0.4) is 0 Å². The Bertz CT molecular complexity index is 1430. The lowest BCUT2D eigenvalue weighted by atomic mass is 10.2. The van der Waals surface area contributed by atoms with Gasteiger partial charge in [0.05, 0.1) is 17.6 Å². The van der Waals surface area contributed by atoms with Gasteiger partial charge >= 0.3 is 5.97 Å². The van der Waals surface area contributed by atoms with Crippen LogP contribution in [0.1, 0.15) is 21.5 Å². The molecule has 0 atom stereocenters. The van der Waals surface area contributed by atoms with Crippen LogP contribution in [0.4, 0.5) is 10.2 Å². The number of hydrogen-bond donors (Lipinski definition) is 1. The van der Waals surface area contributed by atoms with Crippen molar-refractivity contribution in [2.75, 3.05) is 5.73 Å². The van der Waals surface area contributed by atoms with Crippen LogP contribution in [-0.2, 0) is 17.9 Å². The van der Waals surface area contributed by atoms with Crippen molar-refractivity contribution >= 4 is 34.0 Å². The van der Waals surface area contributed by atoms with Gasteiger partial charge in [0.15, 0.2) is 5.65 Å². The van der Waals surface area contributed by atoms with E-state index < -0.39 is 5.97 Å². The molecule has 0 amide bonds. The van der Waals surface area contributed by atoms with Crippen molar-refractivity contribution in [1.82, 2.24) is 14.5 Å². The van der Waals surface area contributed by atoms with E-state index in [0.717, 1.165) is 11.1 Å². The molecular formula is C25H19FN4O2. The number of ether oxygens (including phenoxy) is 1. The highest BCUT2D eigenvalue weighted by Crippen LogP contribution is 2.29. The number of nitrogen functional groups attached to an aromatic ring is 1. The largest absolute Gasteiger partial charge is 0.457 e. The first-order valence-electron chi connectivity index (χ1n) is 10.1. The maximum Gasteiger partial charge on any atom is 0.344 e. The van der Waals surface area contributed by atoms with Crippen molar-refractivity contribution in [3.05, 3.63) is 101 Å². The summed E-state index contributed by atoms with van der Waals surface area (Å²) in [6, 6.07) is 22.9. The first kappa shape index (κ1) is 19.7. The van der Waals surface area contributed by atoms with Gasteiger partial charge < -0.3 is 15.0 Å². The quantitative estimate of drug-likeness (QED) is 0.412. The van der Waals surface area contributed by atoms with Gasteiger partial charge in [-0.3, -0.25) is 0 Å². The highest BCUT2D eigenvalue weighted by molar-refractivity contribution is 6.08. The van der Waals surface area contributed by atoms with Crippen LogP contribution >= 0.6 is 0 Å². The fourth-order valence-corrected chi connectivity index (χ4v) is 3.65. The second kappa shape index (κ2) is 8.11. The predicted molar refractivity (Wildman–Crippen MR) is 121 cm³/mol. The van der Waals surface area contributed by atoms with Crippen LogP contribution in [0.2, 0.25) is 0 Å². The number of carbonyl (C=O) groups excluding carboxylic acids is 1. The molecule has 0 saturated carbocycles. The Morgan fingerprint density at radius 2 is 1.53 bits per heavy atom. The molecule has 6 nitrogen and oxygen atoms in total. The van der Waals surface area contributed by atoms with Gasteiger partial charge in [-0.2, -0.15) is 0 Å². The van der Waals surface area contributed by atoms with Crippen LogP contribution in [0.5, 0.6) is 0 Å². The normalized spacial score (nSPS) is 11.2. The minimum absolute atomic E-state index is 0.116. The van der Waals surface area contributed by atoms with Crippen LogP contribution in [0, 0.1) is 5.82 Å². The predicted octanol–water partition coefficient (Wildman–Crippen LogP) is 4.71. The first-order chi connectivity index (χ1) is 15.6. The third kappa shape index (κ3) is 3.65. The third-order valence-corrected chi connectivity index (χ3v) is 5.26. The number of rotatable bonds is 5. The summed E-state index contributed by atoms with van der Waals surface area (Å²) in [5, 5.41) is 0. The molecule has 0 radical (unpaired) electrons. The minimum atomic E-state index is -0.571. The molecule has 0 bridgehead atoms. The summed E-state index contributed by atoms with van der Waals surface area (Å²) < 4.78 is 20.6. The Hall–Kier alpha value is -4.26. The number of carbonyl (C=O) groups is 1. The van der Waals surface area contributed by atoms with E-state index in [1.807, 2.05) is 54.6 Å². The molecule has 32 heavy (non-hydrogen) atoms. The lowest BCUT2D eigenvalue weighted by molar-refractivity contribution is 0.0476. The Labute approximate surface area is 183 Å². The molecule has 0 spiro atoms. The molecule has 0 aliphatic rings. The average Bonchev–Trinajstić information content (AvgIpc) is 3.08. The third-order valence-electron chi connectivity index (χ3n) is 5.26. The van der Waals surface area contributed by atoms with E-state index in [-0.39, 0.29) is 23.8 Å². The molecular weight excluding hydrogens is 407 g/mol. The molecule has 0 saturated heterocycles. The van der Waals surface area contributed by atoms with Gasteiger partial charge in [0.2, 0.25) is 0 Å². The van der Waals surface area contributed by atoms with Gasteiger partial charge in [0.25, 0.3) is 0 Å². The van der Waals surface area contributed by atoms with Crippen LogP contribution < -0.4 is 5.73 Å². The number of benzene rings is 3. The average molecular weight is 426 g/mol. The molecule has 5 rings (SSSR count). The van der Waals surface area contributed by atoms with E-state index in [2.05, 4.69) is 4.98 Å². The minimum Gasteiger partial charge on any atom is -0.457 e. The number of nitrogens with zero attached hydrogens (tertiary/aromatic N) is 3. The van der Waals surface area contributed by atoms with Crippen molar-refractivity contribution in [2.24, 2.45) is 0 Å². The molecule has 158 valence electrons. The summed E-state index contributed by atoms with van der Waals surface area (Å²) in [4.78, 5) is 22.4. The number of aromatic nitrogens is 3. The van der Waals surface area contributed by atoms with Gasteiger partial charge in [0.1, 0.15) is 29.3 Å². The summed E-state index contributed by atoms with van der Waals surface area (Å²) >= 11 is 0. The molecule has 0 aliphatic heterocycles. The molecule has 2 N–H and O–H groups in total. The van der Waals surface area contributed by atoms with E-state index in [4.69, 9.17) is 15.5 Å². The number of fused-ring (bicyclic) bond motifs is 2. The van der Waals surface area contributed by atoms with E-state index in [1.165, 1.54) is 12.1 Å². The molecule has 3 aromatic carbocycles. The molecule has 2 aromatic heterocycles. The van der Waals surface area contributed by atoms with Gasteiger partial charge in [-0.1, -0.05) is 54.6 Å². The zero-order valence-electron chi connectivity index (χ0n) is 17.0. The molecule has 5 aromatic rings.